The first-order chi connectivity index (χ1) is 13.9. The fraction of sp³-hybridized carbons (Fsp3) is 0.0909. The monoisotopic (exact) mass is 389 g/mol. The molecule has 0 radical (unpaired) electrons. The van der Waals surface area contributed by atoms with Crippen LogP contribution < -0.4 is 10.6 Å². The van der Waals surface area contributed by atoms with Gasteiger partial charge in [-0.2, -0.15) is 0 Å². The Balaban J connectivity index is 1.70. The molecule has 0 atom stereocenters. The van der Waals surface area contributed by atoms with Gasteiger partial charge in [-0.1, -0.05) is 42.0 Å². The molecular formula is C22H19N3O4. The summed E-state index contributed by atoms with van der Waals surface area (Å²) >= 11 is 0. The number of amides is 2. The third kappa shape index (κ3) is 5.04. The normalized spacial score (nSPS) is 10.2. The van der Waals surface area contributed by atoms with Crippen LogP contribution in [-0.4, -0.2) is 16.7 Å². The van der Waals surface area contributed by atoms with Crippen LogP contribution in [0.3, 0.4) is 0 Å². The van der Waals surface area contributed by atoms with Crippen LogP contribution in [-0.2, 0) is 6.54 Å². The van der Waals surface area contributed by atoms with E-state index in [1.165, 1.54) is 24.3 Å². The van der Waals surface area contributed by atoms with E-state index in [4.69, 9.17) is 0 Å². The number of aryl methyl sites for hydroxylation is 1. The van der Waals surface area contributed by atoms with Crippen molar-refractivity contribution < 1.29 is 14.5 Å². The molecule has 0 unspecified atom stereocenters. The van der Waals surface area contributed by atoms with Gasteiger partial charge in [0, 0.05) is 24.2 Å². The second kappa shape index (κ2) is 8.79. The van der Waals surface area contributed by atoms with E-state index >= 15 is 0 Å². The molecule has 0 saturated carbocycles. The van der Waals surface area contributed by atoms with Gasteiger partial charge in [0.1, 0.15) is 0 Å². The molecule has 0 saturated heterocycles. The Hall–Kier alpha value is -4.00. The number of nitrogens with zero attached hydrogens (tertiary/aromatic N) is 1. The minimum Gasteiger partial charge on any atom is -0.348 e. The Kier molecular flexibility index (Phi) is 5.99. The first-order valence-electron chi connectivity index (χ1n) is 8.92. The molecule has 146 valence electrons. The largest absolute Gasteiger partial charge is 0.348 e. The van der Waals surface area contributed by atoms with E-state index in [0.29, 0.717) is 17.8 Å². The predicted octanol–water partition coefficient (Wildman–Crippen LogP) is 4.09. The highest BCUT2D eigenvalue weighted by molar-refractivity contribution is 6.09. The zero-order valence-electron chi connectivity index (χ0n) is 15.7. The molecule has 7 heteroatoms. The van der Waals surface area contributed by atoms with Gasteiger partial charge in [0.25, 0.3) is 17.5 Å². The number of non-ortho nitro benzene ring substituents is 1. The highest BCUT2D eigenvalue weighted by atomic mass is 16.6. The minimum absolute atomic E-state index is 0.0996. The summed E-state index contributed by atoms with van der Waals surface area (Å²) in [5.41, 5.74) is 2.95. The second-order valence-electron chi connectivity index (χ2n) is 6.47. The fourth-order valence-corrected chi connectivity index (χ4v) is 2.70. The maximum absolute atomic E-state index is 12.6. The van der Waals surface area contributed by atoms with E-state index in [1.54, 1.807) is 24.3 Å². The lowest BCUT2D eigenvalue weighted by Crippen LogP contribution is -2.24. The molecule has 0 bridgehead atoms. The molecule has 0 fully saturated rings. The van der Waals surface area contributed by atoms with E-state index in [2.05, 4.69) is 10.6 Å². The lowest BCUT2D eigenvalue weighted by atomic mass is 10.1. The van der Waals surface area contributed by atoms with Crippen molar-refractivity contribution >= 4 is 23.2 Å². The van der Waals surface area contributed by atoms with Gasteiger partial charge in [-0.25, -0.2) is 0 Å². The van der Waals surface area contributed by atoms with Crippen molar-refractivity contribution in [2.24, 2.45) is 0 Å². The first kappa shape index (κ1) is 19.8. The zero-order chi connectivity index (χ0) is 20.8. The number of hydrogen-bond acceptors (Lipinski definition) is 4. The number of nitro benzene ring substituents is 1. The van der Waals surface area contributed by atoms with Crippen LogP contribution in [0, 0.1) is 17.0 Å². The lowest BCUT2D eigenvalue weighted by molar-refractivity contribution is -0.384. The molecule has 3 aromatic carbocycles. The van der Waals surface area contributed by atoms with Crippen LogP contribution >= 0.6 is 0 Å². The number of benzene rings is 3. The summed E-state index contributed by atoms with van der Waals surface area (Å²) in [5, 5.41) is 16.3. The lowest BCUT2D eigenvalue weighted by Gasteiger charge is -2.12. The molecular weight excluding hydrogens is 370 g/mol. The van der Waals surface area contributed by atoms with Gasteiger partial charge in [0.05, 0.1) is 16.2 Å². The average molecular weight is 389 g/mol. The zero-order valence-corrected chi connectivity index (χ0v) is 15.7. The number of anilines is 1. The average Bonchev–Trinajstić information content (AvgIpc) is 2.73. The summed E-state index contributed by atoms with van der Waals surface area (Å²) < 4.78 is 0. The number of para-hydroxylation sites is 1. The Morgan fingerprint density at radius 1 is 0.897 bits per heavy atom. The second-order valence-corrected chi connectivity index (χ2v) is 6.47. The van der Waals surface area contributed by atoms with Gasteiger partial charge in [0.2, 0.25) is 0 Å². The van der Waals surface area contributed by atoms with Gasteiger partial charge >= 0.3 is 0 Å². The molecule has 3 rings (SSSR count). The topological polar surface area (TPSA) is 101 Å². The molecule has 0 aromatic heterocycles. The third-order valence-corrected chi connectivity index (χ3v) is 4.33. The summed E-state index contributed by atoms with van der Waals surface area (Å²) in [6.45, 7) is 2.36. The number of nitro groups is 1. The number of carbonyl (C=O) groups excluding carboxylic acids is 2. The van der Waals surface area contributed by atoms with Crippen molar-refractivity contribution in [1.29, 1.82) is 0 Å². The summed E-state index contributed by atoms with van der Waals surface area (Å²) in [6.07, 6.45) is 0. The number of rotatable bonds is 6. The van der Waals surface area contributed by atoms with Crippen molar-refractivity contribution in [3.63, 3.8) is 0 Å². The molecule has 0 aliphatic heterocycles. The molecule has 3 aromatic rings. The van der Waals surface area contributed by atoms with Crippen LogP contribution in [0.4, 0.5) is 11.4 Å². The molecule has 7 nitrogen and oxygen atoms in total. The smallest absolute Gasteiger partial charge is 0.269 e. The van der Waals surface area contributed by atoms with Crippen LogP contribution in [0.25, 0.3) is 0 Å². The van der Waals surface area contributed by atoms with E-state index in [1.807, 2.05) is 31.2 Å². The highest BCUT2D eigenvalue weighted by Gasteiger charge is 2.15. The molecule has 0 aliphatic carbocycles. The maximum Gasteiger partial charge on any atom is 0.269 e. The van der Waals surface area contributed by atoms with Gasteiger partial charge < -0.3 is 10.6 Å². The Morgan fingerprint density at radius 2 is 1.55 bits per heavy atom. The number of hydrogen-bond donors (Lipinski definition) is 2. The van der Waals surface area contributed by atoms with Gasteiger partial charge in [-0.3, -0.25) is 19.7 Å². The van der Waals surface area contributed by atoms with E-state index in [9.17, 15) is 19.7 Å². The summed E-state index contributed by atoms with van der Waals surface area (Å²) in [5.74, 6) is -0.774. The van der Waals surface area contributed by atoms with Crippen molar-refractivity contribution in [1.82, 2.24) is 5.32 Å². The maximum atomic E-state index is 12.6. The Morgan fingerprint density at radius 3 is 2.21 bits per heavy atom. The van der Waals surface area contributed by atoms with Crippen molar-refractivity contribution in [2.45, 2.75) is 13.5 Å². The van der Waals surface area contributed by atoms with Crippen molar-refractivity contribution in [2.75, 3.05) is 5.32 Å². The molecule has 0 spiro atoms. The van der Waals surface area contributed by atoms with E-state index in [0.717, 1.165) is 11.1 Å². The summed E-state index contributed by atoms with van der Waals surface area (Å²) in [4.78, 5) is 35.3. The first-order valence-corrected chi connectivity index (χ1v) is 8.92. The van der Waals surface area contributed by atoms with E-state index < -0.39 is 10.8 Å². The van der Waals surface area contributed by atoms with E-state index in [-0.39, 0.29) is 17.2 Å². The van der Waals surface area contributed by atoms with Crippen LogP contribution in [0.1, 0.15) is 31.8 Å². The van der Waals surface area contributed by atoms with Gasteiger partial charge in [-0.05, 0) is 36.8 Å². The highest BCUT2D eigenvalue weighted by Crippen LogP contribution is 2.18. The fourth-order valence-electron chi connectivity index (χ4n) is 2.70. The van der Waals surface area contributed by atoms with Crippen LogP contribution in [0.2, 0.25) is 0 Å². The molecule has 2 amide bonds. The molecule has 0 aliphatic rings. The summed E-state index contributed by atoms with van der Waals surface area (Å²) in [7, 11) is 0. The SMILES string of the molecule is Cc1ccc(CNC(=O)c2ccccc2NC(=O)c2ccc([N+](=O)[O-])cc2)cc1. The minimum atomic E-state index is -0.532. The van der Waals surface area contributed by atoms with Crippen LogP contribution in [0.5, 0.6) is 0 Å². The third-order valence-electron chi connectivity index (χ3n) is 4.33. The molecule has 0 heterocycles. The number of nitrogens with one attached hydrogen (secondary N) is 2. The molecule has 2 N–H and O–H groups in total. The Bertz CT molecular complexity index is 1040. The summed E-state index contributed by atoms with van der Waals surface area (Å²) in [6, 6.07) is 19.8. The quantitative estimate of drug-likeness (QED) is 0.490. The standard InChI is InChI=1S/C22H19N3O4/c1-15-6-8-16(9-7-15)14-23-22(27)19-4-2-3-5-20(19)24-21(26)17-10-12-18(13-11-17)25(28)29/h2-13H,14H2,1H3,(H,23,27)(H,24,26). The van der Waals surface area contributed by atoms with Crippen LogP contribution in [0.15, 0.2) is 72.8 Å². The van der Waals surface area contributed by atoms with Gasteiger partial charge in [-0.15, -0.1) is 0 Å². The van der Waals surface area contributed by atoms with Crippen molar-refractivity contribution in [3.05, 3.63) is 105 Å². The Labute approximate surface area is 167 Å². The van der Waals surface area contributed by atoms with Gasteiger partial charge in [0.15, 0.2) is 0 Å². The molecule has 29 heavy (non-hydrogen) atoms. The predicted molar refractivity (Wildman–Crippen MR) is 110 cm³/mol. The number of carbonyl (C=O) groups is 2. The van der Waals surface area contributed by atoms with Crippen molar-refractivity contribution in [3.8, 4) is 0 Å².